The van der Waals surface area contributed by atoms with Crippen molar-refractivity contribution in [2.45, 2.75) is 45.7 Å². The van der Waals surface area contributed by atoms with E-state index in [4.69, 9.17) is 0 Å². The van der Waals surface area contributed by atoms with Gasteiger partial charge in [-0.25, -0.2) is 0 Å². The van der Waals surface area contributed by atoms with E-state index in [1.165, 1.54) is 27.7 Å². The summed E-state index contributed by atoms with van der Waals surface area (Å²) in [5.74, 6) is 0. The Labute approximate surface area is 143 Å². The van der Waals surface area contributed by atoms with Crippen LogP contribution in [-0.2, 0) is 24.9 Å². The number of para-hydroxylation sites is 1. The van der Waals surface area contributed by atoms with Gasteiger partial charge >= 0.3 is 0 Å². The molecule has 0 aliphatic carbocycles. The molecule has 124 valence electrons. The summed E-state index contributed by atoms with van der Waals surface area (Å²) in [6.07, 6.45) is 4.13. The van der Waals surface area contributed by atoms with E-state index in [1.54, 1.807) is 0 Å². The Kier molecular flexibility index (Phi) is 3.69. The standard InChI is InChI=1S/C21H25N3/c1-15-8-9-16(14-22-15)11-13-24-18-7-5-4-6-17(18)20-19(24)10-12-23-21(20,2)3/h4-9,14,23H,10-13H2,1-3H3. The highest BCUT2D eigenvalue weighted by Crippen LogP contribution is 2.37. The van der Waals surface area contributed by atoms with E-state index in [0.717, 1.165) is 31.6 Å². The van der Waals surface area contributed by atoms with Crippen LogP contribution in [0.25, 0.3) is 10.9 Å². The van der Waals surface area contributed by atoms with Gasteiger partial charge in [-0.1, -0.05) is 24.3 Å². The fourth-order valence-corrected chi connectivity index (χ4v) is 4.04. The molecule has 1 aliphatic heterocycles. The third-order valence-corrected chi connectivity index (χ3v) is 5.23. The predicted molar refractivity (Wildman–Crippen MR) is 99.3 cm³/mol. The Morgan fingerprint density at radius 1 is 1.17 bits per heavy atom. The van der Waals surface area contributed by atoms with Gasteiger partial charge in [0.25, 0.3) is 0 Å². The van der Waals surface area contributed by atoms with Crippen molar-refractivity contribution in [1.29, 1.82) is 0 Å². The number of nitrogens with one attached hydrogen (secondary N) is 1. The zero-order valence-corrected chi connectivity index (χ0v) is 14.8. The molecule has 1 N–H and O–H groups in total. The molecule has 0 saturated heterocycles. The smallest absolute Gasteiger partial charge is 0.0486 e. The Hall–Kier alpha value is -2.13. The van der Waals surface area contributed by atoms with Crippen LogP contribution in [0.4, 0.5) is 0 Å². The zero-order valence-electron chi connectivity index (χ0n) is 14.8. The molecule has 4 rings (SSSR count). The summed E-state index contributed by atoms with van der Waals surface area (Å²) in [5.41, 5.74) is 6.76. The molecule has 3 heterocycles. The van der Waals surface area contributed by atoms with Gasteiger partial charge in [-0.2, -0.15) is 0 Å². The Morgan fingerprint density at radius 3 is 2.79 bits per heavy atom. The van der Waals surface area contributed by atoms with Gasteiger partial charge in [0, 0.05) is 59.1 Å². The van der Waals surface area contributed by atoms with E-state index in [1.807, 2.05) is 13.1 Å². The molecule has 1 aromatic carbocycles. The lowest BCUT2D eigenvalue weighted by atomic mass is 9.87. The molecule has 0 fully saturated rings. The Balaban J connectivity index is 1.76. The van der Waals surface area contributed by atoms with E-state index >= 15 is 0 Å². The fraction of sp³-hybridized carbons (Fsp3) is 0.381. The minimum Gasteiger partial charge on any atom is -0.344 e. The number of hydrogen-bond donors (Lipinski definition) is 1. The minimum atomic E-state index is 0.0316. The van der Waals surface area contributed by atoms with Gasteiger partial charge in [0.15, 0.2) is 0 Å². The third-order valence-electron chi connectivity index (χ3n) is 5.23. The molecule has 0 saturated carbocycles. The van der Waals surface area contributed by atoms with Gasteiger partial charge in [-0.05, 0) is 44.9 Å². The maximum atomic E-state index is 4.43. The summed E-state index contributed by atoms with van der Waals surface area (Å²) in [7, 11) is 0. The molecule has 1 aliphatic rings. The average molecular weight is 319 g/mol. The third kappa shape index (κ3) is 2.53. The highest BCUT2D eigenvalue weighted by atomic mass is 15.0. The SMILES string of the molecule is Cc1ccc(CCn2c3c(c4ccccc42)C(C)(C)NCC3)cn1. The quantitative estimate of drug-likeness (QED) is 0.791. The number of aromatic nitrogens is 2. The van der Waals surface area contributed by atoms with Gasteiger partial charge in [0.2, 0.25) is 0 Å². The lowest BCUT2D eigenvalue weighted by Gasteiger charge is -2.33. The molecule has 0 radical (unpaired) electrons. The maximum Gasteiger partial charge on any atom is 0.0486 e. The first-order valence-electron chi connectivity index (χ1n) is 8.83. The first-order valence-corrected chi connectivity index (χ1v) is 8.83. The summed E-state index contributed by atoms with van der Waals surface area (Å²) < 4.78 is 2.53. The van der Waals surface area contributed by atoms with E-state index in [0.29, 0.717) is 0 Å². The number of aryl methyl sites for hydroxylation is 3. The number of fused-ring (bicyclic) bond motifs is 3. The maximum absolute atomic E-state index is 4.43. The van der Waals surface area contributed by atoms with Gasteiger partial charge in [-0.15, -0.1) is 0 Å². The largest absolute Gasteiger partial charge is 0.344 e. The average Bonchev–Trinajstić information content (AvgIpc) is 2.89. The first-order chi connectivity index (χ1) is 11.6. The number of benzene rings is 1. The Bertz CT molecular complexity index is 872. The van der Waals surface area contributed by atoms with Crippen LogP contribution in [0.3, 0.4) is 0 Å². The van der Waals surface area contributed by atoms with Crippen LogP contribution in [0.5, 0.6) is 0 Å². The second-order valence-corrected chi connectivity index (χ2v) is 7.35. The van der Waals surface area contributed by atoms with Crippen molar-refractivity contribution >= 4 is 10.9 Å². The number of nitrogens with zero attached hydrogens (tertiary/aromatic N) is 2. The van der Waals surface area contributed by atoms with E-state index < -0.39 is 0 Å². The molecule has 3 nitrogen and oxygen atoms in total. The summed E-state index contributed by atoms with van der Waals surface area (Å²) in [4.78, 5) is 4.43. The van der Waals surface area contributed by atoms with Crippen molar-refractivity contribution in [1.82, 2.24) is 14.9 Å². The van der Waals surface area contributed by atoms with Crippen molar-refractivity contribution in [3.63, 3.8) is 0 Å². The van der Waals surface area contributed by atoms with E-state index in [9.17, 15) is 0 Å². The number of hydrogen-bond acceptors (Lipinski definition) is 2. The van der Waals surface area contributed by atoms with Crippen LogP contribution < -0.4 is 5.32 Å². The fourth-order valence-electron chi connectivity index (χ4n) is 4.04. The van der Waals surface area contributed by atoms with Crippen molar-refractivity contribution < 1.29 is 0 Å². The molecule has 3 aromatic rings. The van der Waals surface area contributed by atoms with Gasteiger partial charge in [-0.3, -0.25) is 4.98 Å². The highest BCUT2D eigenvalue weighted by molar-refractivity contribution is 5.87. The van der Waals surface area contributed by atoms with Crippen LogP contribution in [0, 0.1) is 6.92 Å². The van der Waals surface area contributed by atoms with E-state index in [2.05, 4.69) is 65.1 Å². The normalized spacial score (nSPS) is 16.3. The molecule has 0 atom stereocenters. The predicted octanol–water partition coefficient (Wildman–Crippen LogP) is 3.97. The van der Waals surface area contributed by atoms with Crippen LogP contribution in [0.15, 0.2) is 42.6 Å². The van der Waals surface area contributed by atoms with Crippen LogP contribution >= 0.6 is 0 Å². The molecule has 0 unspecified atom stereocenters. The van der Waals surface area contributed by atoms with E-state index in [-0.39, 0.29) is 5.54 Å². The van der Waals surface area contributed by atoms with Gasteiger partial charge in [0.05, 0.1) is 0 Å². The van der Waals surface area contributed by atoms with Crippen LogP contribution in [0.1, 0.15) is 36.4 Å². The topological polar surface area (TPSA) is 29.9 Å². The summed E-state index contributed by atoms with van der Waals surface area (Å²) in [5, 5.41) is 5.07. The van der Waals surface area contributed by atoms with Crippen LogP contribution in [-0.4, -0.2) is 16.1 Å². The molecule has 2 aromatic heterocycles. The second-order valence-electron chi connectivity index (χ2n) is 7.35. The lowest BCUT2D eigenvalue weighted by Crippen LogP contribution is -2.42. The highest BCUT2D eigenvalue weighted by Gasteiger charge is 2.32. The summed E-state index contributed by atoms with van der Waals surface area (Å²) in [6, 6.07) is 13.1. The van der Waals surface area contributed by atoms with Crippen molar-refractivity contribution in [2.24, 2.45) is 0 Å². The summed E-state index contributed by atoms with van der Waals surface area (Å²) >= 11 is 0. The minimum absolute atomic E-state index is 0.0316. The van der Waals surface area contributed by atoms with Crippen molar-refractivity contribution in [2.75, 3.05) is 6.54 Å². The first kappa shape index (κ1) is 15.4. The second kappa shape index (κ2) is 5.75. The molecule has 0 bridgehead atoms. The number of pyridine rings is 1. The molecule has 0 amide bonds. The Morgan fingerprint density at radius 2 is 2.00 bits per heavy atom. The molecular weight excluding hydrogens is 294 g/mol. The monoisotopic (exact) mass is 319 g/mol. The van der Waals surface area contributed by atoms with Crippen molar-refractivity contribution in [3.05, 3.63) is 65.1 Å². The molecule has 3 heteroatoms. The zero-order chi connectivity index (χ0) is 16.7. The summed E-state index contributed by atoms with van der Waals surface area (Å²) in [6.45, 7) is 8.69. The molecular formula is C21H25N3. The van der Waals surface area contributed by atoms with Crippen LogP contribution in [0.2, 0.25) is 0 Å². The molecule has 24 heavy (non-hydrogen) atoms. The number of rotatable bonds is 3. The van der Waals surface area contributed by atoms with Gasteiger partial charge in [0.1, 0.15) is 0 Å². The van der Waals surface area contributed by atoms with Crippen molar-refractivity contribution in [3.8, 4) is 0 Å². The molecule has 0 spiro atoms. The van der Waals surface area contributed by atoms with Gasteiger partial charge < -0.3 is 9.88 Å². The lowest BCUT2D eigenvalue weighted by molar-refractivity contribution is 0.378.